The summed E-state index contributed by atoms with van der Waals surface area (Å²) in [5.74, 6) is -0.331. The molecule has 0 aliphatic carbocycles. The second-order valence-corrected chi connectivity index (χ2v) is 4.28. The number of hydrogen-bond donors (Lipinski definition) is 4. The molecule has 17 heavy (non-hydrogen) atoms. The van der Waals surface area contributed by atoms with E-state index in [1.165, 1.54) is 18.2 Å². The Labute approximate surface area is 100 Å². The maximum atomic E-state index is 11.8. The molecule has 5 nitrogen and oxygen atoms in total. The second-order valence-electron chi connectivity index (χ2n) is 4.28. The Morgan fingerprint density at radius 2 is 2.12 bits per heavy atom. The average Bonchev–Trinajstić information content (AvgIpc) is 2.28. The first-order valence-corrected chi connectivity index (χ1v) is 5.46. The Bertz CT molecular complexity index is 405. The van der Waals surface area contributed by atoms with Crippen molar-refractivity contribution in [3.8, 4) is 5.75 Å². The van der Waals surface area contributed by atoms with Gasteiger partial charge >= 0.3 is 0 Å². The molecule has 0 saturated carbocycles. The molecule has 0 saturated heterocycles. The van der Waals surface area contributed by atoms with E-state index in [0.29, 0.717) is 5.56 Å². The van der Waals surface area contributed by atoms with Crippen LogP contribution in [0.3, 0.4) is 0 Å². The second kappa shape index (κ2) is 5.54. The molecule has 0 aliphatic rings. The highest BCUT2D eigenvalue weighted by Gasteiger charge is 2.16. The quantitative estimate of drug-likeness (QED) is 0.459. The van der Waals surface area contributed by atoms with Crippen LogP contribution in [0.25, 0.3) is 0 Å². The van der Waals surface area contributed by atoms with Crippen LogP contribution in [0, 0.1) is 5.92 Å². The van der Waals surface area contributed by atoms with Gasteiger partial charge in [0, 0.05) is 5.56 Å². The number of nitrogen functional groups attached to an aromatic ring is 1. The fourth-order valence-corrected chi connectivity index (χ4v) is 1.36. The lowest BCUT2D eigenvalue weighted by atomic mass is 10.0. The number of phenolic OH excluding ortho intramolecular Hbond substituents is 1. The van der Waals surface area contributed by atoms with Gasteiger partial charge in [-0.1, -0.05) is 13.8 Å². The summed E-state index contributed by atoms with van der Waals surface area (Å²) in [7, 11) is 0. The summed E-state index contributed by atoms with van der Waals surface area (Å²) in [6, 6.07) is 3.99. The Morgan fingerprint density at radius 1 is 1.47 bits per heavy atom. The molecule has 0 heterocycles. The zero-order valence-corrected chi connectivity index (χ0v) is 9.97. The number of anilines is 1. The van der Waals surface area contributed by atoms with E-state index in [0.717, 1.165) is 0 Å². The van der Waals surface area contributed by atoms with E-state index in [-0.39, 0.29) is 35.9 Å². The third-order valence-corrected chi connectivity index (χ3v) is 2.61. The average molecular weight is 238 g/mol. The first-order chi connectivity index (χ1) is 7.95. The van der Waals surface area contributed by atoms with Gasteiger partial charge in [-0.3, -0.25) is 4.79 Å². The van der Waals surface area contributed by atoms with Crippen LogP contribution in [0.2, 0.25) is 0 Å². The topological polar surface area (TPSA) is 95.6 Å². The van der Waals surface area contributed by atoms with E-state index >= 15 is 0 Å². The molecule has 0 aromatic heterocycles. The number of amides is 1. The summed E-state index contributed by atoms with van der Waals surface area (Å²) < 4.78 is 0. The normalized spacial score (nSPS) is 12.5. The Kier molecular flexibility index (Phi) is 4.34. The summed E-state index contributed by atoms with van der Waals surface area (Å²) in [5, 5.41) is 21.2. The molecular formula is C12H18N2O3. The molecule has 0 fully saturated rings. The number of nitrogens with one attached hydrogen (secondary N) is 1. The number of aliphatic hydroxyl groups excluding tert-OH is 1. The highest BCUT2D eigenvalue weighted by atomic mass is 16.3. The molecule has 5 N–H and O–H groups in total. The standard InChI is InChI=1S/C12H18N2O3/c1-7(2)10(6-15)14-12(17)8-3-4-9(13)11(16)5-8/h3-5,7,10,15-16H,6,13H2,1-2H3,(H,14,17)/t10-/m1/s1. The summed E-state index contributed by atoms with van der Waals surface area (Å²) in [6.07, 6.45) is 0. The number of aromatic hydroxyl groups is 1. The smallest absolute Gasteiger partial charge is 0.251 e. The number of hydrogen-bond acceptors (Lipinski definition) is 4. The molecule has 0 aliphatic heterocycles. The fraction of sp³-hybridized carbons (Fsp3) is 0.417. The van der Waals surface area contributed by atoms with Crippen LogP contribution in [0.1, 0.15) is 24.2 Å². The molecule has 5 heteroatoms. The van der Waals surface area contributed by atoms with Crippen molar-refractivity contribution in [2.45, 2.75) is 19.9 Å². The van der Waals surface area contributed by atoms with Crippen molar-refractivity contribution < 1.29 is 15.0 Å². The number of phenols is 1. The minimum atomic E-state index is -0.340. The third kappa shape index (κ3) is 3.35. The van der Waals surface area contributed by atoms with E-state index < -0.39 is 0 Å². The molecule has 0 unspecified atom stereocenters. The van der Waals surface area contributed by atoms with Crippen LogP contribution in [0.5, 0.6) is 5.75 Å². The largest absolute Gasteiger partial charge is 0.506 e. The van der Waals surface area contributed by atoms with E-state index in [2.05, 4.69) is 5.32 Å². The van der Waals surface area contributed by atoms with Crippen molar-refractivity contribution in [1.29, 1.82) is 0 Å². The fourth-order valence-electron chi connectivity index (χ4n) is 1.36. The molecule has 0 bridgehead atoms. The molecule has 1 aromatic rings. The van der Waals surface area contributed by atoms with Crippen LogP contribution < -0.4 is 11.1 Å². The molecule has 0 spiro atoms. The third-order valence-electron chi connectivity index (χ3n) is 2.61. The zero-order valence-electron chi connectivity index (χ0n) is 9.97. The lowest BCUT2D eigenvalue weighted by Gasteiger charge is -2.19. The minimum absolute atomic E-state index is 0.121. The molecule has 1 amide bonds. The number of carbonyl (C=O) groups is 1. The first-order valence-electron chi connectivity index (χ1n) is 5.46. The van der Waals surface area contributed by atoms with Crippen LogP contribution in [-0.4, -0.2) is 28.8 Å². The van der Waals surface area contributed by atoms with Crippen LogP contribution >= 0.6 is 0 Å². The van der Waals surface area contributed by atoms with E-state index in [4.69, 9.17) is 10.8 Å². The predicted molar refractivity (Wildman–Crippen MR) is 65.7 cm³/mol. The minimum Gasteiger partial charge on any atom is -0.506 e. The Morgan fingerprint density at radius 3 is 2.59 bits per heavy atom. The van der Waals surface area contributed by atoms with Gasteiger partial charge in [0.2, 0.25) is 0 Å². The van der Waals surface area contributed by atoms with Gasteiger partial charge in [-0.25, -0.2) is 0 Å². The van der Waals surface area contributed by atoms with Gasteiger partial charge < -0.3 is 21.3 Å². The van der Waals surface area contributed by atoms with E-state index in [1.54, 1.807) is 0 Å². The Balaban J connectivity index is 2.79. The summed E-state index contributed by atoms with van der Waals surface area (Å²) in [5.41, 5.74) is 5.98. The molecule has 0 radical (unpaired) electrons. The van der Waals surface area contributed by atoms with Gasteiger partial charge in [-0.15, -0.1) is 0 Å². The van der Waals surface area contributed by atoms with Crippen molar-refractivity contribution in [3.63, 3.8) is 0 Å². The molecule has 94 valence electrons. The molecular weight excluding hydrogens is 220 g/mol. The number of nitrogens with two attached hydrogens (primary N) is 1. The molecule has 1 rings (SSSR count). The maximum Gasteiger partial charge on any atom is 0.251 e. The summed E-state index contributed by atoms with van der Waals surface area (Å²) in [6.45, 7) is 3.69. The van der Waals surface area contributed by atoms with Crippen molar-refractivity contribution in [2.24, 2.45) is 5.92 Å². The monoisotopic (exact) mass is 238 g/mol. The summed E-state index contributed by atoms with van der Waals surface area (Å²) in [4.78, 5) is 11.8. The SMILES string of the molecule is CC(C)[C@@H](CO)NC(=O)c1ccc(N)c(O)c1. The maximum absolute atomic E-state index is 11.8. The molecule has 1 atom stereocenters. The number of aliphatic hydroxyl groups is 1. The summed E-state index contributed by atoms with van der Waals surface area (Å²) >= 11 is 0. The van der Waals surface area contributed by atoms with Gasteiger partial charge in [-0.2, -0.15) is 0 Å². The van der Waals surface area contributed by atoms with Gasteiger partial charge in [0.05, 0.1) is 18.3 Å². The highest BCUT2D eigenvalue weighted by Crippen LogP contribution is 2.20. The van der Waals surface area contributed by atoms with E-state index in [9.17, 15) is 9.90 Å². The number of carbonyl (C=O) groups excluding carboxylic acids is 1. The van der Waals surface area contributed by atoms with Crippen molar-refractivity contribution >= 4 is 11.6 Å². The van der Waals surface area contributed by atoms with Crippen molar-refractivity contribution in [2.75, 3.05) is 12.3 Å². The number of benzene rings is 1. The van der Waals surface area contributed by atoms with Gasteiger partial charge in [-0.05, 0) is 24.1 Å². The van der Waals surface area contributed by atoms with E-state index in [1.807, 2.05) is 13.8 Å². The van der Waals surface area contributed by atoms with Gasteiger partial charge in [0.1, 0.15) is 5.75 Å². The highest BCUT2D eigenvalue weighted by molar-refractivity contribution is 5.95. The van der Waals surface area contributed by atoms with Gasteiger partial charge in [0.15, 0.2) is 0 Å². The van der Waals surface area contributed by atoms with Crippen LogP contribution in [0.15, 0.2) is 18.2 Å². The van der Waals surface area contributed by atoms with Crippen molar-refractivity contribution in [1.82, 2.24) is 5.32 Å². The predicted octanol–water partition coefficient (Wildman–Crippen LogP) is 0.721. The van der Waals surface area contributed by atoms with Crippen LogP contribution in [-0.2, 0) is 0 Å². The zero-order chi connectivity index (χ0) is 13.0. The Hall–Kier alpha value is -1.75. The van der Waals surface area contributed by atoms with Gasteiger partial charge in [0.25, 0.3) is 5.91 Å². The van der Waals surface area contributed by atoms with Crippen molar-refractivity contribution in [3.05, 3.63) is 23.8 Å². The molecule has 1 aromatic carbocycles. The van der Waals surface area contributed by atoms with Crippen LogP contribution in [0.4, 0.5) is 5.69 Å². The first kappa shape index (κ1) is 13.3. The lowest BCUT2D eigenvalue weighted by molar-refractivity contribution is 0.0896. The lowest BCUT2D eigenvalue weighted by Crippen LogP contribution is -2.41. The number of rotatable bonds is 4.